The van der Waals surface area contributed by atoms with Crippen molar-refractivity contribution >= 4 is 22.6 Å². The summed E-state index contributed by atoms with van der Waals surface area (Å²) in [5.74, 6) is -1.30. The lowest BCUT2D eigenvalue weighted by Gasteiger charge is -1.96. The van der Waals surface area contributed by atoms with E-state index in [9.17, 15) is 14.9 Å². The molecule has 0 saturated heterocycles. The lowest BCUT2D eigenvalue weighted by molar-refractivity contribution is -0.383. The van der Waals surface area contributed by atoms with Gasteiger partial charge in [-0.25, -0.2) is 4.79 Å². The number of carboxylic acid groups (broad SMARTS) is 1. The van der Waals surface area contributed by atoms with E-state index in [-0.39, 0.29) is 11.4 Å². The molecule has 2 rings (SSSR count). The van der Waals surface area contributed by atoms with Crippen LogP contribution in [0, 0.1) is 10.1 Å². The first-order chi connectivity index (χ1) is 7.54. The van der Waals surface area contributed by atoms with Crippen LogP contribution in [-0.4, -0.2) is 20.6 Å². The molecule has 0 fully saturated rings. The molecule has 1 aromatic heterocycles. The fraction of sp³-hybridized carbons (Fsp3) is 0.100. The molecule has 0 saturated carbocycles. The summed E-state index contributed by atoms with van der Waals surface area (Å²) in [4.78, 5) is 21.2. The number of para-hydroxylation sites is 1. The summed E-state index contributed by atoms with van der Waals surface area (Å²) in [6, 6.07) is 6.54. The Hall–Kier alpha value is -2.37. The highest BCUT2D eigenvalue weighted by Crippen LogP contribution is 2.31. The second-order valence-electron chi connectivity index (χ2n) is 3.34. The summed E-state index contributed by atoms with van der Waals surface area (Å²) in [6.07, 6.45) is 0. The highest BCUT2D eigenvalue weighted by Gasteiger charge is 2.28. The van der Waals surface area contributed by atoms with Gasteiger partial charge in [-0.15, -0.1) is 0 Å². The number of fused-ring (bicyclic) bond motifs is 1. The van der Waals surface area contributed by atoms with Gasteiger partial charge in [-0.3, -0.25) is 10.1 Å². The Balaban J connectivity index is 2.97. The quantitative estimate of drug-likeness (QED) is 0.617. The van der Waals surface area contributed by atoms with Crippen LogP contribution in [0.3, 0.4) is 0 Å². The maximum absolute atomic E-state index is 11.0. The van der Waals surface area contributed by atoms with Crippen LogP contribution in [-0.2, 0) is 7.05 Å². The van der Waals surface area contributed by atoms with Crippen LogP contribution in [0.4, 0.5) is 5.69 Å². The number of rotatable bonds is 2. The van der Waals surface area contributed by atoms with E-state index in [4.69, 9.17) is 5.11 Å². The fourth-order valence-corrected chi connectivity index (χ4v) is 1.80. The molecule has 0 aliphatic carbocycles. The Morgan fingerprint density at radius 2 is 2.06 bits per heavy atom. The monoisotopic (exact) mass is 220 g/mol. The van der Waals surface area contributed by atoms with Crippen molar-refractivity contribution in [1.82, 2.24) is 4.57 Å². The third-order valence-electron chi connectivity index (χ3n) is 2.47. The predicted molar refractivity (Wildman–Crippen MR) is 56.5 cm³/mol. The second-order valence-corrected chi connectivity index (χ2v) is 3.34. The van der Waals surface area contributed by atoms with Gasteiger partial charge in [-0.1, -0.05) is 12.1 Å². The number of nitrogens with zero attached hydrogens (tertiary/aromatic N) is 2. The number of hydrogen-bond donors (Lipinski definition) is 1. The molecule has 0 aliphatic heterocycles. The lowest BCUT2D eigenvalue weighted by Crippen LogP contribution is -2.06. The van der Waals surface area contributed by atoms with E-state index in [2.05, 4.69) is 0 Å². The van der Waals surface area contributed by atoms with E-state index in [1.54, 1.807) is 24.3 Å². The zero-order valence-electron chi connectivity index (χ0n) is 8.38. The summed E-state index contributed by atoms with van der Waals surface area (Å²) < 4.78 is 1.32. The van der Waals surface area contributed by atoms with Crippen molar-refractivity contribution in [2.24, 2.45) is 7.05 Å². The SMILES string of the molecule is Cn1c(C(=O)O)c([N+](=O)[O-])c2ccccc21. The van der Waals surface area contributed by atoms with Gasteiger partial charge in [0.1, 0.15) is 0 Å². The van der Waals surface area contributed by atoms with Crippen molar-refractivity contribution < 1.29 is 14.8 Å². The minimum atomic E-state index is -1.30. The first-order valence-electron chi connectivity index (χ1n) is 4.49. The number of aromatic carboxylic acids is 1. The van der Waals surface area contributed by atoms with Gasteiger partial charge in [0.25, 0.3) is 0 Å². The molecular formula is C10H8N2O4. The minimum Gasteiger partial charge on any atom is -0.476 e. The topological polar surface area (TPSA) is 85.4 Å². The molecule has 0 radical (unpaired) electrons. The van der Waals surface area contributed by atoms with Crippen LogP contribution in [0.15, 0.2) is 24.3 Å². The Labute approximate surface area is 89.9 Å². The van der Waals surface area contributed by atoms with E-state index in [1.807, 2.05) is 0 Å². The Morgan fingerprint density at radius 1 is 1.44 bits per heavy atom. The number of hydrogen-bond acceptors (Lipinski definition) is 3. The molecular weight excluding hydrogens is 212 g/mol. The highest BCUT2D eigenvalue weighted by molar-refractivity contribution is 6.03. The largest absolute Gasteiger partial charge is 0.476 e. The minimum absolute atomic E-state index is 0.300. The second kappa shape index (κ2) is 3.34. The smallest absolute Gasteiger partial charge is 0.359 e. The van der Waals surface area contributed by atoms with Crippen molar-refractivity contribution in [3.63, 3.8) is 0 Å². The van der Waals surface area contributed by atoms with Gasteiger partial charge in [0, 0.05) is 7.05 Å². The molecule has 2 aromatic rings. The van der Waals surface area contributed by atoms with Gasteiger partial charge >= 0.3 is 11.7 Å². The first kappa shape index (κ1) is 10.2. The van der Waals surface area contributed by atoms with Crippen LogP contribution in [0.1, 0.15) is 10.5 Å². The average molecular weight is 220 g/mol. The number of carbonyl (C=O) groups is 1. The summed E-state index contributed by atoms with van der Waals surface area (Å²) in [6.45, 7) is 0. The molecule has 0 aliphatic rings. The first-order valence-corrected chi connectivity index (χ1v) is 4.49. The highest BCUT2D eigenvalue weighted by atomic mass is 16.6. The predicted octanol–water partition coefficient (Wildman–Crippen LogP) is 1.78. The fourth-order valence-electron chi connectivity index (χ4n) is 1.80. The lowest BCUT2D eigenvalue weighted by atomic mass is 10.2. The van der Waals surface area contributed by atoms with Crippen molar-refractivity contribution in [3.05, 3.63) is 40.1 Å². The average Bonchev–Trinajstić information content (AvgIpc) is 2.53. The summed E-state index contributed by atoms with van der Waals surface area (Å²) in [7, 11) is 1.50. The molecule has 0 spiro atoms. The number of nitro groups is 1. The van der Waals surface area contributed by atoms with Crippen molar-refractivity contribution in [1.29, 1.82) is 0 Å². The molecule has 16 heavy (non-hydrogen) atoms. The number of aryl methyl sites for hydroxylation is 1. The van der Waals surface area contributed by atoms with E-state index >= 15 is 0 Å². The molecule has 6 heteroatoms. The standard InChI is InChI=1S/C10H8N2O4/c1-11-7-5-3-2-4-6(7)8(12(15)16)9(11)10(13)14/h2-5H,1H3,(H,13,14). The molecule has 1 aromatic carbocycles. The summed E-state index contributed by atoms with van der Waals surface area (Å²) in [5, 5.41) is 20.2. The normalized spacial score (nSPS) is 10.6. The molecule has 0 bridgehead atoms. The van der Waals surface area contributed by atoms with Crippen molar-refractivity contribution in [2.45, 2.75) is 0 Å². The molecule has 1 heterocycles. The molecule has 6 nitrogen and oxygen atoms in total. The Morgan fingerprint density at radius 3 is 2.62 bits per heavy atom. The van der Waals surface area contributed by atoms with Crippen LogP contribution in [0.5, 0.6) is 0 Å². The van der Waals surface area contributed by atoms with Crippen LogP contribution < -0.4 is 0 Å². The number of carboxylic acids is 1. The van der Waals surface area contributed by atoms with E-state index in [1.165, 1.54) is 11.6 Å². The van der Waals surface area contributed by atoms with Crippen LogP contribution in [0.25, 0.3) is 10.9 Å². The zero-order chi connectivity index (χ0) is 11.9. The molecule has 1 N–H and O–H groups in total. The van der Waals surface area contributed by atoms with Crippen LogP contribution >= 0.6 is 0 Å². The Bertz CT molecular complexity index is 600. The van der Waals surface area contributed by atoms with Crippen LogP contribution in [0.2, 0.25) is 0 Å². The number of aromatic nitrogens is 1. The van der Waals surface area contributed by atoms with E-state index in [0.29, 0.717) is 10.9 Å². The molecule has 0 atom stereocenters. The van der Waals surface area contributed by atoms with Gasteiger partial charge in [0.05, 0.1) is 15.8 Å². The molecule has 0 amide bonds. The molecule has 82 valence electrons. The zero-order valence-corrected chi connectivity index (χ0v) is 8.38. The van der Waals surface area contributed by atoms with E-state index in [0.717, 1.165) is 0 Å². The third kappa shape index (κ3) is 1.23. The Kier molecular flexibility index (Phi) is 2.12. The third-order valence-corrected chi connectivity index (χ3v) is 2.47. The summed E-state index contributed by atoms with van der Waals surface area (Å²) in [5.41, 5.74) is -0.122. The van der Waals surface area contributed by atoms with E-state index < -0.39 is 10.9 Å². The maximum Gasteiger partial charge on any atom is 0.359 e. The molecule has 0 unspecified atom stereocenters. The van der Waals surface area contributed by atoms with Crippen molar-refractivity contribution in [2.75, 3.05) is 0 Å². The van der Waals surface area contributed by atoms with Gasteiger partial charge in [0.15, 0.2) is 0 Å². The summed E-state index contributed by atoms with van der Waals surface area (Å²) >= 11 is 0. The van der Waals surface area contributed by atoms with Gasteiger partial charge in [0.2, 0.25) is 5.69 Å². The van der Waals surface area contributed by atoms with Gasteiger partial charge in [-0.2, -0.15) is 0 Å². The van der Waals surface area contributed by atoms with Gasteiger partial charge in [-0.05, 0) is 12.1 Å². The van der Waals surface area contributed by atoms with Crippen molar-refractivity contribution in [3.8, 4) is 0 Å². The van der Waals surface area contributed by atoms with Gasteiger partial charge < -0.3 is 9.67 Å². The number of benzene rings is 1. The maximum atomic E-state index is 11.0.